The molecule has 2 N–H and O–H groups in total. The smallest absolute Gasteiger partial charge is 0.161 e. The van der Waals surface area contributed by atoms with E-state index in [1.807, 2.05) is 25.1 Å². The monoisotopic (exact) mass is 223 g/mol. The highest BCUT2D eigenvalue weighted by molar-refractivity contribution is 5.42. The standard InChI is InChI=1S/C13H21NO2/c1-3-5-8-16-12-7-6-11(10-14)9-13(12)15-4-2/h6-7,9H,3-5,8,10,14H2,1-2H3. The number of benzene rings is 1. The van der Waals surface area contributed by atoms with E-state index in [4.69, 9.17) is 15.2 Å². The summed E-state index contributed by atoms with van der Waals surface area (Å²) in [6.45, 7) is 6.00. The molecule has 0 heterocycles. The predicted octanol–water partition coefficient (Wildman–Crippen LogP) is 2.72. The van der Waals surface area contributed by atoms with Crippen LogP contribution in [0.15, 0.2) is 18.2 Å². The van der Waals surface area contributed by atoms with E-state index in [2.05, 4.69) is 6.92 Å². The maximum Gasteiger partial charge on any atom is 0.161 e. The minimum atomic E-state index is 0.523. The lowest BCUT2D eigenvalue weighted by Crippen LogP contribution is -2.03. The summed E-state index contributed by atoms with van der Waals surface area (Å²) in [4.78, 5) is 0. The molecule has 0 amide bonds. The second-order valence-corrected chi connectivity index (χ2v) is 3.62. The van der Waals surface area contributed by atoms with Crippen LogP contribution in [0.25, 0.3) is 0 Å². The molecule has 0 aliphatic rings. The Hall–Kier alpha value is -1.22. The molecule has 0 atom stereocenters. The molecule has 3 nitrogen and oxygen atoms in total. The van der Waals surface area contributed by atoms with E-state index in [9.17, 15) is 0 Å². The quantitative estimate of drug-likeness (QED) is 0.723. The van der Waals surface area contributed by atoms with Gasteiger partial charge < -0.3 is 15.2 Å². The summed E-state index contributed by atoms with van der Waals surface area (Å²) in [5.74, 6) is 1.61. The van der Waals surface area contributed by atoms with Crippen molar-refractivity contribution in [2.24, 2.45) is 5.73 Å². The highest BCUT2D eigenvalue weighted by atomic mass is 16.5. The molecule has 0 radical (unpaired) electrons. The van der Waals surface area contributed by atoms with Crippen LogP contribution >= 0.6 is 0 Å². The van der Waals surface area contributed by atoms with Gasteiger partial charge in [-0.1, -0.05) is 19.4 Å². The minimum Gasteiger partial charge on any atom is -0.490 e. The molecule has 0 aromatic heterocycles. The SMILES string of the molecule is CCCCOc1ccc(CN)cc1OCC. The minimum absolute atomic E-state index is 0.523. The van der Waals surface area contributed by atoms with Crippen molar-refractivity contribution in [3.05, 3.63) is 23.8 Å². The Morgan fingerprint density at radius 2 is 1.94 bits per heavy atom. The molecule has 0 saturated carbocycles. The molecule has 0 fully saturated rings. The van der Waals surface area contributed by atoms with Crippen molar-refractivity contribution in [3.63, 3.8) is 0 Å². The van der Waals surface area contributed by atoms with Crippen LogP contribution in [-0.2, 0) is 6.54 Å². The normalized spacial score (nSPS) is 10.2. The second-order valence-electron chi connectivity index (χ2n) is 3.62. The second kappa shape index (κ2) is 7.12. The Balaban J connectivity index is 2.72. The molecule has 0 bridgehead atoms. The van der Waals surface area contributed by atoms with Crippen molar-refractivity contribution < 1.29 is 9.47 Å². The summed E-state index contributed by atoms with van der Waals surface area (Å²) in [7, 11) is 0. The van der Waals surface area contributed by atoms with E-state index < -0.39 is 0 Å². The highest BCUT2D eigenvalue weighted by Crippen LogP contribution is 2.28. The summed E-state index contributed by atoms with van der Waals surface area (Å²) < 4.78 is 11.2. The lowest BCUT2D eigenvalue weighted by atomic mass is 10.2. The first-order valence-corrected chi connectivity index (χ1v) is 5.90. The highest BCUT2D eigenvalue weighted by Gasteiger charge is 2.05. The van der Waals surface area contributed by atoms with E-state index in [0.717, 1.165) is 36.5 Å². The maximum atomic E-state index is 5.66. The van der Waals surface area contributed by atoms with Gasteiger partial charge in [-0.3, -0.25) is 0 Å². The van der Waals surface area contributed by atoms with Gasteiger partial charge in [-0.2, -0.15) is 0 Å². The third-order valence-electron chi connectivity index (χ3n) is 2.30. The Bertz CT molecular complexity index is 313. The lowest BCUT2D eigenvalue weighted by Gasteiger charge is -2.12. The van der Waals surface area contributed by atoms with Crippen molar-refractivity contribution in [2.45, 2.75) is 33.2 Å². The van der Waals surface area contributed by atoms with Crippen molar-refractivity contribution in [3.8, 4) is 11.5 Å². The number of ether oxygens (including phenoxy) is 2. The van der Waals surface area contributed by atoms with E-state index in [1.165, 1.54) is 0 Å². The van der Waals surface area contributed by atoms with Crippen LogP contribution in [0.1, 0.15) is 32.3 Å². The molecule has 0 unspecified atom stereocenters. The summed E-state index contributed by atoms with van der Waals surface area (Å²) in [5.41, 5.74) is 6.65. The van der Waals surface area contributed by atoms with Crippen LogP contribution in [0.2, 0.25) is 0 Å². The Kier molecular flexibility index (Phi) is 5.72. The van der Waals surface area contributed by atoms with E-state index in [0.29, 0.717) is 13.2 Å². The molecule has 16 heavy (non-hydrogen) atoms. The first-order chi connectivity index (χ1) is 7.81. The van der Waals surface area contributed by atoms with Crippen LogP contribution in [0.3, 0.4) is 0 Å². The number of hydrogen-bond donors (Lipinski definition) is 1. The van der Waals surface area contributed by atoms with Gasteiger partial charge in [-0.15, -0.1) is 0 Å². The summed E-state index contributed by atoms with van der Waals surface area (Å²) >= 11 is 0. The maximum absolute atomic E-state index is 5.66. The molecule has 1 aromatic carbocycles. The van der Waals surface area contributed by atoms with Crippen LogP contribution in [0.5, 0.6) is 11.5 Å². The van der Waals surface area contributed by atoms with Crippen LogP contribution in [-0.4, -0.2) is 13.2 Å². The van der Waals surface area contributed by atoms with Gasteiger partial charge in [0.2, 0.25) is 0 Å². The molecular formula is C13H21NO2. The molecule has 90 valence electrons. The molecule has 0 aliphatic heterocycles. The molecule has 1 aromatic rings. The lowest BCUT2D eigenvalue weighted by molar-refractivity contribution is 0.272. The van der Waals surface area contributed by atoms with Gasteiger partial charge in [0, 0.05) is 6.54 Å². The predicted molar refractivity (Wildman–Crippen MR) is 65.9 cm³/mol. The number of hydrogen-bond acceptors (Lipinski definition) is 3. The Morgan fingerprint density at radius 1 is 1.12 bits per heavy atom. The van der Waals surface area contributed by atoms with Crippen LogP contribution < -0.4 is 15.2 Å². The van der Waals surface area contributed by atoms with E-state index in [1.54, 1.807) is 0 Å². The van der Waals surface area contributed by atoms with E-state index in [-0.39, 0.29) is 0 Å². The van der Waals surface area contributed by atoms with Crippen molar-refractivity contribution >= 4 is 0 Å². The van der Waals surface area contributed by atoms with E-state index >= 15 is 0 Å². The summed E-state index contributed by atoms with van der Waals surface area (Å²) in [6.07, 6.45) is 2.19. The molecule has 0 saturated heterocycles. The Labute approximate surface area is 97.6 Å². The summed E-state index contributed by atoms with van der Waals surface area (Å²) in [5, 5.41) is 0. The zero-order valence-corrected chi connectivity index (χ0v) is 10.2. The molecule has 1 rings (SSSR count). The van der Waals surface area contributed by atoms with Gasteiger partial charge >= 0.3 is 0 Å². The van der Waals surface area contributed by atoms with Gasteiger partial charge in [-0.25, -0.2) is 0 Å². The molecular weight excluding hydrogens is 202 g/mol. The first kappa shape index (κ1) is 12.8. The average molecular weight is 223 g/mol. The zero-order valence-electron chi connectivity index (χ0n) is 10.2. The third kappa shape index (κ3) is 3.74. The largest absolute Gasteiger partial charge is 0.490 e. The fraction of sp³-hybridized carbons (Fsp3) is 0.538. The number of unbranched alkanes of at least 4 members (excludes halogenated alkanes) is 1. The van der Waals surface area contributed by atoms with Crippen LogP contribution in [0, 0.1) is 0 Å². The number of nitrogens with two attached hydrogens (primary N) is 1. The molecule has 3 heteroatoms. The van der Waals surface area contributed by atoms with Crippen molar-refractivity contribution in [1.82, 2.24) is 0 Å². The Morgan fingerprint density at radius 3 is 2.56 bits per heavy atom. The number of rotatable bonds is 7. The topological polar surface area (TPSA) is 44.5 Å². The van der Waals surface area contributed by atoms with Gasteiger partial charge in [0.15, 0.2) is 11.5 Å². The summed E-state index contributed by atoms with van der Waals surface area (Å²) in [6, 6.07) is 5.86. The average Bonchev–Trinajstić information content (AvgIpc) is 2.31. The fourth-order valence-electron chi connectivity index (χ4n) is 1.39. The van der Waals surface area contributed by atoms with Crippen molar-refractivity contribution in [2.75, 3.05) is 13.2 Å². The molecule has 0 aliphatic carbocycles. The molecule has 0 spiro atoms. The van der Waals surface area contributed by atoms with Gasteiger partial charge in [0.25, 0.3) is 0 Å². The first-order valence-electron chi connectivity index (χ1n) is 5.90. The zero-order chi connectivity index (χ0) is 11.8. The van der Waals surface area contributed by atoms with Gasteiger partial charge in [0.05, 0.1) is 13.2 Å². The third-order valence-corrected chi connectivity index (χ3v) is 2.30. The fourth-order valence-corrected chi connectivity index (χ4v) is 1.39. The van der Waals surface area contributed by atoms with Gasteiger partial charge in [0.1, 0.15) is 0 Å². The van der Waals surface area contributed by atoms with Crippen LogP contribution in [0.4, 0.5) is 0 Å². The van der Waals surface area contributed by atoms with Gasteiger partial charge in [-0.05, 0) is 31.0 Å². The van der Waals surface area contributed by atoms with Crippen molar-refractivity contribution in [1.29, 1.82) is 0 Å².